The van der Waals surface area contributed by atoms with Crippen molar-refractivity contribution in [3.05, 3.63) is 29.3 Å². The van der Waals surface area contributed by atoms with Crippen LogP contribution in [0, 0.1) is 12.8 Å². The maximum Gasteiger partial charge on any atom is 0.123 e. The van der Waals surface area contributed by atoms with Crippen molar-refractivity contribution in [2.45, 2.75) is 65.0 Å². The number of nitrogens with one attached hydrogen (secondary N) is 1. The predicted octanol–water partition coefficient (Wildman–Crippen LogP) is 4.62. The molecule has 3 unspecified atom stereocenters. The lowest BCUT2D eigenvalue weighted by Crippen LogP contribution is -2.39. The molecule has 1 N–H and O–H groups in total. The van der Waals surface area contributed by atoms with Gasteiger partial charge < -0.3 is 10.1 Å². The minimum Gasteiger partial charge on any atom is -0.496 e. The molecule has 0 saturated heterocycles. The minimum absolute atomic E-state index is 0.349. The predicted molar refractivity (Wildman–Crippen MR) is 85.3 cm³/mol. The molecular weight excluding hydrogens is 246 g/mol. The van der Waals surface area contributed by atoms with Gasteiger partial charge in [-0.05, 0) is 38.7 Å². The van der Waals surface area contributed by atoms with Gasteiger partial charge in [0, 0.05) is 17.6 Å². The zero-order chi connectivity index (χ0) is 14.5. The summed E-state index contributed by atoms with van der Waals surface area (Å²) >= 11 is 0. The zero-order valence-electron chi connectivity index (χ0n) is 13.4. The average Bonchev–Trinajstić information content (AvgIpc) is 2.47. The van der Waals surface area contributed by atoms with E-state index >= 15 is 0 Å². The first-order valence-corrected chi connectivity index (χ1v) is 8.06. The number of hydrogen-bond acceptors (Lipinski definition) is 2. The first-order valence-electron chi connectivity index (χ1n) is 8.06. The first kappa shape index (κ1) is 15.4. The molecule has 1 aromatic carbocycles. The fourth-order valence-electron chi connectivity index (χ4n) is 3.52. The summed E-state index contributed by atoms with van der Waals surface area (Å²) in [5.41, 5.74) is 2.58. The molecule has 0 aromatic heterocycles. The van der Waals surface area contributed by atoms with Crippen LogP contribution in [0.4, 0.5) is 0 Å². The summed E-state index contributed by atoms with van der Waals surface area (Å²) in [5.74, 6) is 1.83. The molecule has 1 fully saturated rings. The van der Waals surface area contributed by atoms with Crippen LogP contribution in [0.1, 0.15) is 63.1 Å². The summed E-state index contributed by atoms with van der Waals surface area (Å²) in [5, 5.41) is 3.86. The summed E-state index contributed by atoms with van der Waals surface area (Å²) in [6, 6.07) is 7.46. The van der Waals surface area contributed by atoms with Crippen molar-refractivity contribution in [3.63, 3.8) is 0 Å². The van der Waals surface area contributed by atoms with Gasteiger partial charge in [0.1, 0.15) is 5.75 Å². The van der Waals surface area contributed by atoms with Crippen LogP contribution in [0.15, 0.2) is 18.2 Å². The highest BCUT2D eigenvalue weighted by Gasteiger charge is 2.25. The second-order valence-electron chi connectivity index (χ2n) is 6.19. The van der Waals surface area contributed by atoms with Crippen molar-refractivity contribution in [1.29, 1.82) is 0 Å². The van der Waals surface area contributed by atoms with Gasteiger partial charge in [-0.25, -0.2) is 0 Å². The highest BCUT2D eigenvalue weighted by molar-refractivity contribution is 5.38. The summed E-state index contributed by atoms with van der Waals surface area (Å²) < 4.78 is 5.52. The maximum atomic E-state index is 5.52. The fourth-order valence-corrected chi connectivity index (χ4v) is 3.52. The molecule has 2 nitrogen and oxygen atoms in total. The van der Waals surface area contributed by atoms with Gasteiger partial charge in [0.15, 0.2) is 0 Å². The van der Waals surface area contributed by atoms with Gasteiger partial charge in [0.2, 0.25) is 0 Å². The Kier molecular flexibility index (Phi) is 5.47. The van der Waals surface area contributed by atoms with Crippen molar-refractivity contribution < 1.29 is 4.74 Å². The van der Waals surface area contributed by atoms with Gasteiger partial charge in [0.05, 0.1) is 7.11 Å². The third kappa shape index (κ3) is 3.54. The third-order valence-electron chi connectivity index (χ3n) is 4.75. The van der Waals surface area contributed by atoms with E-state index in [-0.39, 0.29) is 0 Å². The molecular formula is C18H29NO. The number of rotatable bonds is 5. The fraction of sp³-hybridized carbons (Fsp3) is 0.667. The molecule has 0 heterocycles. The van der Waals surface area contributed by atoms with E-state index in [4.69, 9.17) is 4.74 Å². The zero-order valence-corrected chi connectivity index (χ0v) is 13.4. The molecule has 3 atom stereocenters. The van der Waals surface area contributed by atoms with E-state index < -0.39 is 0 Å². The van der Waals surface area contributed by atoms with E-state index in [1.807, 2.05) is 0 Å². The van der Waals surface area contributed by atoms with E-state index in [9.17, 15) is 0 Å². The summed E-state index contributed by atoms with van der Waals surface area (Å²) in [6.07, 6.45) is 6.75. The Balaban J connectivity index is 2.10. The van der Waals surface area contributed by atoms with Gasteiger partial charge in [-0.1, -0.05) is 43.9 Å². The van der Waals surface area contributed by atoms with Crippen molar-refractivity contribution in [3.8, 4) is 5.75 Å². The number of ether oxygens (including phenoxy) is 1. The normalized spacial score (nSPS) is 24.4. The number of benzene rings is 1. The number of hydrogen-bond donors (Lipinski definition) is 1. The first-order chi connectivity index (χ1) is 9.65. The Hall–Kier alpha value is -1.02. The number of aryl methyl sites for hydroxylation is 1. The molecule has 0 amide bonds. The standard InChI is InChI=1S/C18H29NO/c1-5-15-8-6-7-9-17(15)19-14(3)16-12-13(2)10-11-18(16)20-4/h10-12,14-15,17,19H,5-9H2,1-4H3. The van der Waals surface area contributed by atoms with Crippen LogP contribution in [0.2, 0.25) is 0 Å². The highest BCUT2D eigenvalue weighted by atomic mass is 16.5. The van der Waals surface area contributed by atoms with Crippen molar-refractivity contribution in [1.82, 2.24) is 5.32 Å². The lowest BCUT2D eigenvalue weighted by molar-refractivity contribution is 0.239. The van der Waals surface area contributed by atoms with Crippen molar-refractivity contribution in [2.24, 2.45) is 5.92 Å². The molecule has 20 heavy (non-hydrogen) atoms. The van der Waals surface area contributed by atoms with Crippen LogP contribution in [0.5, 0.6) is 5.75 Å². The Morgan fingerprint density at radius 2 is 2.05 bits per heavy atom. The lowest BCUT2D eigenvalue weighted by Gasteiger charge is -2.34. The Bertz CT molecular complexity index is 429. The summed E-state index contributed by atoms with van der Waals surface area (Å²) in [7, 11) is 1.76. The van der Waals surface area contributed by atoms with E-state index in [2.05, 4.69) is 44.3 Å². The molecule has 1 aliphatic carbocycles. The van der Waals surface area contributed by atoms with E-state index in [0.29, 0.717) is 12.1 Å². The Morgan fingerprint density at radius 3 is 2.75 bits per heavy atom. The lowest BCUT2D eigenvalue weighted by atomic mass is 9.82. The SMILES string of the molecule is CCC1CCCCC1NC(C)c1cc(C)ccc1OC. The van der Waals surface area contributed by atoms with Crippen LogP contribution in [-0.2, 0) is 0 Å². The Morgan fingerprint density at radius 1 is 1.30 bits per heavy atom. The van der Waals surface area contributed by atoms with Crippen LogP contribution >= 0.6 is 0 Å². The maximum absolute atomic E-state index is 5.52. The Labute approximate surface area is 123 Å². The van der Waals surface area contributed by atoms with Crippen LogP contribution in [-0.4, -0.2) is 13.2 Å². The van der Waals surface area contributed by atoms with Crippen LogP contribution in [0.25, 0.3) is 0 Å². The average molecular weight is 275 g/mol. The molecule has 2 heteroatoms. The van der Waals surface area contributed by atoms with Crippen LogP contribution < -0.4 is 10.1 Å². The molecule has 0 bridgehead atoms. The number of methoxy groups -OCH3 is 1. The molecule has 1 aliphatic rings. The highest BCUT2D eigenvalue weighted by Crippen LogP contribution is 2.31. The largest absolute Gasteiger partial charge is 0.496 e. The van der Waals surface area contributed by atoms with Gasteiger partial charge in [0.25, 0.3) is 0 Å². The minimum atomic E-state index is 0.349. The quantitative estimate of drug-likeness (QED) is 0.846. The van der Waals surface area contributed by atoms with E-state index in [1.165, 1.54) is 43.2 Å². The molecule has 0 aliphatic heterocycles. The summed E-state index contributed by atoms with van der Waals surface area (Å²) in [4.78, 5) is 0. The van der Waals surface area contributed by atoms with Crippen molar-refractivity contribution >= 4 is 0 Å². The molecule has 1 aromatic rings. The second kappa shape index (κ2) is 7.12. The van der Waals surface area contributed by atoms with Gasteiger partial charge in [-0.2, -0.15) is 0 Å². The topological polar surface area (TPSA) is 21.3 Å². The van der Waals surface area contributed by atoms with E-state index in [1.54, 1.807) is 7.11 Å². The van der Waals surface area contributed by atoms with E-state index in [0.717, 1.165) is 11.7 Å². The van der Waals surface area contributed by atoms with Crippen LogP contribution in [0.3, 0.4) is 0 Å². The molecule has 1 saturated carbocycles. The molecule has 0 spiro atoms. The molecule has 112 valence electrons. The smallest absolute Gasteiger partial charge is 0.123 e. The van der Waals surface area contributed by atoms with Crippen molar-refractivity contribution in [2.75, 3.05) is 7.11 Å². The second-order valence-corrected chi connectivity index (χ2v) is 6.19. The third-order valence-corrected chi connectivity index (χ3v) is 4.75. The van der Waals surface area contributed by atoms with Gasteiger partial charge in [-0.3, -0.25) is 0 Å². The molecule has 0 radical (unpaired) electrons. The molecule has 2 rings (SSSR count). The monoisotopic (exact) mass is 275 g/mol. The van der Waals surface area contributed by atoms with Gasteiger partial charge in [-0.15, -0.1) is 0 Å². The summed E-state index contributed by atoms with van der Waals surface area (Å²) in [6.45, 7) is 6.73. The van der Waals surface area contributed by atoms with Gasteiger partial charge >= 0.3 is 0 Å².